The monoisotopic (exact) mass is 387 g/mol. The quantitative estimate of drug-likeness (QED) is 0.577. The molecule has 10 heteroatoms. The number of sulfone groups is 1. The third-order valence-corrected chi connectivity index (χ3v) is 5.84. The van der Waals surface area contributed by atoms with Crippen molar-refractivity contribution in [2.24, 2.45) is 0 Å². The molecule has 0 saturated heterocycles. The van der Waals surface area contributed by atoms with Crippen LogP contribution in [-0.4, -0.2) is 8.42 Å². The highest BCUT2D eigenvalue weighted by molar-refractivity contribution is 8.45. The lowest BCUT2D eigenvalue weighted by Crippen LogP contribution is -2.11. The Balaban J connectivity index is 2.29. The fourth-order valence-corrected chi connectivity index (χ4v) is 4.27. The van der Waals surface area contributed by atoms with Crippen LogP contribution in [0.5, 0.6) is 0 Å². The molecule has 0 fully saturated rings. The Morgan fingerprint density at radius 1 is 0.875 bits per heavy atom. The maximum Gasteiger partial charge on any atom is 0.310 e. The SMILES string of the molecule is Nc1cc(S(F)(F)(F)(F)F)ccc1CS(=O)(=O)Cc1ccccc1. The molecule has 0 saturated carbocycles. The van der Waals surface area contributed by atoms with Crippen molar-refractivity contribution in [3.63, 3.8) is 0 Å². The highest BCUT2D eigenvalue weighted by Gasteiger charge is 2.65. The molecule has 2 rings (SSSR count). The third-order valence-electron chi connectivity index (χ3n) is 3.17. The van der Waals surface area contributed by atoms with Crippen molar-refractivity contribution in [1.82, 2.24) is 0 Å². The van der Waals surface area contributed by atoms with Gasteiger partial charge in [-0.05, 0) is 23.3 Å². The fourth-order valence-electron chi connectivity index (χ4n) is 2.06. The normalized spacial score (nSPS) is 15.5. The number of hydrogen-bond acceptors (Lipinski definition) is 3. The van der Waals surface area contributed by atoms with Crippen molar-refractivity contribution in [3.8, 4) is 0 Å². The van der Waals surface area contributed by atoms with E-state index in [4.69, 9.17) is 5.73 Å². The first-order valence-electron chi connectivity index (χ1n) is 6.53. The lowest BCUT2D eigenvalue weighted by Gasteiger charge is -2.40. The summed E-state index contributed by atoms with van der Waals surface area (Å²) in [4.78, 5) is -2.14. The smallest absolute Gasteiger partial charge is 0.310 e. The fraction of sp³-hybridized carbons (Fsp3) is 0.143. The van der Waals surface area contributed by atoms with Gasteiger partial charge in [0, 0.05) is 5.69 Å². The van der Waals surface area contributed by atoms with Gasteiger partial charge < -0.3 is 5.73 Å². The number of rotatable bonds is 5. The summed E-state index contributed by atoms with van der Waals surface area (Å²) in [6, 6.07) is 9.06. The van der Waals surface area contributed by atoms with Gasteiger partial charge in [-0.25, -0.2) is 8.42 Å². The second-order valence-corrected chi connectivity index (χ2v) is 9.82. The Labute approximate surface area is 135 Å². The van der Waals surface area contributed by atoms with Crippen molar-refractivity contribution < 1.29 is 27.8 Å². The van der Waals surface area contributed by atoms with Crippen molar-refractivity contribution in [2.45, 2.75) is 16.4 Å². The molecule has 0 radical (unpaired) electrons. The molecule has 0 amide bonds. The molecule has 2 N–H and O–H groups in total. The number of benzene rings is 2. The van der Waals surface area contributed by atoms with E-state index >= 15 is 0 Å². The summed E-state index contributed by atoms with van der Waals surface area (Å²) in [7, 11) is -13.6. The summed E-state index contributed by atoms with van der Waals surface area (Å²) in [5.74, 6) is -0.981. The molecule has 3 nitrogen and oxygen atoms in total. The predicted octanol–water partition coefficient (Wildman–Crippen LogP) is 5.04. The Morgan fingerprint density at radius 2 is 1.46 bits per heavy atom. The summed E-state index contributed by atoms with van der Waals surface area (Å²) < 4.78 is 87.8. The lowest BCUT2D eigenvalue weighted by atomic mass is 10.2. The second-order valence-electron chi connectivity index (χ2n) is 5.35. The number of halogens is 5. The molecule has 2 aromatic carbocycles. The number of nitrogens with two attached hydrogens (primary N) is 1. The van der Waals surface area contributed by atoms with Gasteiger partial charge in [-0.3, -0.25) is 0 Å². The highest BCUT2D eigenvalue weighted by Crippen LogP contribution is 3.02. The summed E-state index contributed by atoms with van der Waals surface area (Å²) >= 11 is 0. The van der Waals surface area contributed by atoms with E-state index in [-0.39, 0.29) is 23.4 Å². The van der Waals surface area contributed by atoms with E-state index in [1.807, 2.05) is 0 Å². The van der Waals surface area contributed by atoms with E-state index in [0.29, 0.717) is 11.6 Å². The van der Waals surface area contributed by atoms with E-state index in [9.17, 15) is 27.8 Å². The molecule has 2 aromatic rings. The van der Waals surface area contributed by atoms with Crippen LogP contribution in [0.4, 0.5) is 25.1 Å². The first-order chi connectivity index (χ1) is 10.7. The Kier molecular flexibility index (Phi) is 3.93. The predicted molar refractivity (Wildman–Crippen MR) is 85.0 cm³/mol. The molecule has 24 heavy (non-hydrogen) atoms. The van der Waals surface area contributed by atoms with Crippen LogP contribution in [0.25, 0.3) is 0 Å². The van der Waals surface area contributed by atoms with Crippen LogP contribution in [0.1, 0.15) is 11.1 Å². The molecule has 0 spiro atoms. The average molecular weight is 387 g/mol. The van der Waals surface area contributed by atoms with Gasteiger partial charge in [-0.2, -0.15) is 0 Å². The molecule has 0 heterocycles. The van der Waals surface area contributed by atoms with Gasteiger partial charge in [0.25, 0.3) is 0 Å². The van der Waals surface area contributed by atoms with Crippen LogP contribution in [0.2, 0.25) is 0 Å². The van der Waals surface area contributed by atoms with Crippen molar-refractivity contribution in [2.75, 3.05) is 5.73 Å². The Hall–Kier alpha value is -1.81. The molecule has 0 aliphatic carbocycles. The van der Waals surface area contributed by atoms with Crippen LogP contribution < -0.4 is 5.73 Å². The zero-order valence-corrected chi connectivity index (χ0v) is 13.8. The van der Waals surface area contributed by atoms with Crippen LogP contribution in [-0.2, 0) is 21.3 Å². The molecular formula is C14H14F5NO2S2. The van der Waals surface area contributed by atoms with Gasteiger partial charge in [-0.15, -0.1) is 0 Å². The maximum absolute atomic E-state index is 12.7. The van der Waals surface area contributed by atoms with Gasteiger partial charge in [0.05, 0.1) is 11.5 Å². The maximum atomic E-state index is 12.7. The van der Waals surface area contributed by atoms with E-state index in [0.717, 1.165) is 0 Å². The van der Waals surface area contributed by atoms with Crippen molar-refractivity contribution >= 4 is 25.7 Å². The van der Waals surface area contributed by atoms with Gasteiger partial charge in [0.2, 0.25) is 0 Å². The molecule has 0 bridgehead atoms. The molecule has 0 aliphatic rings. The first kappa shape index (κ1) is 18.5. The average Bonchev–Trinajstić information content (AvgIpc) is 2.38. The zero-order valence-electron chi connectivity index (χ0n) is 12.1. The Morgan fingerprint density at radius 3 is 1.96 bits per heavy atom. The van der Waals surface area contributed by atoms with Gasteiger partial charge in [0.15, 0.2) is 9.84 Å². The van der Waals surface area contributed by atoms with Gasteiger partial charge in [-0.1, -0.05) is 55.8 Å². The van der Waals surface area contributed by atoms with E-state index in [1.165, 1.54) is 0 Å². The van der Waals surface area contributed by atoms with Crippen LogP contribution in [0.15, 0.2) is 53.4 Å². The summed E-state index contributed by atoms with van der Waals surface area (Å²) in [5.41, 5.74) is 5.06. The van der Waals surface area contributed by atoms with E-state index in [1.54, 1.807) is 30.3 Å². The first-order valence-corrected chi connectivity index (χ1v) is 10.3. The minimum atomic E-state index is -9.85. The number of anilines is 1. The van der Waals surface area contributed by atoms with E-state index in [2.05, 4.69) is 0 Å². The molecular weight excluding hydrogens is 373 g/mol. The van der Waals surface area contributed by atoms with Crippen LogP contribution in [0.3, 0.4) is 0 Å². The summed E-state index contributed by atoms with van der Waals surface area (Å²) in [6.07, 6.45) is 0. The standard InChI is InChI=1S/C14H14F5NO2S2/c15-24(16,17,18,19)13-7-6-12(14(20)8-13)10-23(21,22)9-11-4-2-1-3-5-11/h1-8H,9-10,20H2. The highest BCUT2D eigenvalue weighted by atomic mass is 32.5. The molecule has 0 aliphatic heterocycles. The third kappa shape index (κ3) is 4.84. The Bertz CT molecular complexity index is 866. The minimum Gasteiger partial charge on any atom is -0.398 e. The number of hydrogen-bond donors (Lipinski definition) is 1. The zero-order chi connectivity index (χ0) is 18.3. The largest absolute Gasteiger partial charge is 0.398 e. The van der Waals surface area contributed by atoms with Crippen LogP contribution in [0, 0.1) is 0 Å². The molecule has 0 aromatic heterocycles. The van der Waals surface area contributed by atoms with Crippen molar-refractivity contribution in [3.05, 3.63) is 59.7 Å². The van der Waals surface area contributed by atoms with Crippen LogP contribution >= 0.6 is 10.2 Å². The van der Waals surface area contributed by atoms with Gasteiger partial charge >= 0.3 is 10.2 Å². The topological polar surface area (TPSA) is 60.2 Å². The second kappa shape index (κ2) is 5.09. The van der Waals surface area contributed by atoms with Gasteiger partial charge in [0.1, 0.15) is 4.90 Å². The molecule has 0 atom stereocenters. The molecule has 134 valence electrons. The minimum absolute atomic E-state index is 0.0783. The number of nitrogen functional groups attached to an aromatic ring is 1. The molecule has 0 unspecified atom stereocenters. The summed E-state index contributed by atoms with van der Waals surface area (Å²) in [5, 5.41) is 0. The van der Waals surface area contributed by atoms with E-state index < -0.39 is 36.4 Å². The van der Waals surface area contributed by atoms with Crippen molar-refractivity contribution in [1.29, 1.82) is 0 Å². The summed E-state index contributed by atoms with van der Waals surface area (Å²) in [6.45, 7) is 0. The lowest BCUT2D eigenvalue weighted by molar-refractivity contribution is 0.364.